The fourth-order valence-electron chi connectivity index (χ4n) is 4.04. The number of esters is 1. The fourth-order valence-corrected chi connectivity index (χ4v) is 4.04. The first-order valence-electron chi connectivity index (χ1n) is 10.8. The van der Waals surface area contributed by atoms with Crippen LogP contribution in [0.2, 0.25) is 0 Å². The highest BCUT2D eigenvalue weighted by atomic mass is 16.7. The molecule has 0 unspecified atom stereocenters. The summed E-state index contributed by atoms with van der Waals surface area (Å²) in [5, 5.41) is 2.72. The average molecular weight is 473 g/mol. The number of epoxide rings is 1. The molecule has 0 spiro atoms. The summed E-state index contributed by atoms with van der Waals surface area (Å²) < 4.78 is 37.9. The third-order valence-corrected chi connectivity index (χ3v) is 5.65. The molecule has 0 bridgehead atoms. The Bertz CT molecular complexity index is 1080. The van der Waals surface area contributed by atoms with E-state index in [0.29, 0.717) is 42.4 Å². The van der Waals surface area contributed by atoms with Crippen molar-refractivity contribution in [1.82, 2.24) is 5.32 Å². The molecule has 1 saturated heterocycles. The van der Waals surface area contributed by atoms with Crippen molar-refractivity contribution in [3.05, 3.63) is 46.5 Å². The van der Waals surface area contributed by atoms with Gasteiger partial charge in [-0.3, -0.25) is 0 Å². The minimum absolute atomic E-state index is 0.135. The summed E-state index contributed by atoms with van der Waals surface area (Å²) in [7, 11) is 4.27. The zero-order chi connectivity index (χ0) is 24.2. The Morgan fingerprint density at radius 3 is 2.44 bits per heavy atom. The van der Waals surface area contributed by atoms with Crippen LogP contribution in [-0.4, -0.2) is 53.3 Å². The standard InChI is InChI=1S/C24H27NO9/c1-5-31-24(27)25-9-8-13-10-17-18(33-12-32-17)11-15(13)21-20(34-21)14-6-7-16(28-2)22(29-3)19(14)23(26)30-4/h6-7,10-11,20-21H,5,8-9,12H2,1-4H3,(H,25,27)/t20-,21-/m1/s1. The molecule has 2 aliphatic heterocycles. The molecule has 0 radical (unpaired) electrons. The van der Waals surface area contributed by atoms with Gasteiger partial charge in [0.15, 0.2) is 23.0 Å². The lowest BCUT2D eigenvalue weighted by atomic mass is 9.94. The largest absolute Gasteiger partial charge is 0.493 e. The lowest BCUT2D eigenvalue weighted by molar-refractivity contribution is 0.0594. The highest BCUT2D eigenvalue weighted by Gasteiger charge is 2.46. The summed E-state index contributed by atoms with van der Waals surface area (Å²) in [5.74, 6) is 1.40. The molecule has 1 N–H and O–H groups in total. The number of hydrogen-bond acceptors (Lipinski definition) is 9. The third-order valence-electron chi connectivity index (χ3n) is 5.65. The van der Waals surface area contributed by atoms with E-state index in [1.165, 1.54) is 21.3 Å². The van der Waals surface area contributed by atoms with Crippen LogP contribution in [0.25, 0.3) is 0 Å². The first-order chi connectivity index (χ1) is 16.5. The van der Waals surface area contributed by atoms with Crippen LogP contribution in [0.1, 0.15) is 46.2 Å². The number of alkyl carbamates (subject to hydrolysis) is 1. The fraction of sp³-hybridized carbons (Fsp3) is 0.417. The van der Waals surface area contributed by atoms with Crippen LogP contribution < -0.4 is 24.3 Å². The molecule has 2 aromatic carbocycles. The number of methoxy groups -OCH3 is 3. The summed E-state index contributed by atoms with van der Waals surface area (Å²) in [6.07, 6.45) is -0.703. The number of fused-ring (bicyclic) bond motifs is 1. The van der Waals surface area contributed by atoms with Crippen LogP contribution in [0.5, 0.6) is 23.0 Å². The molecule has 34 heavy (non-hydrogen) atoms. The van der Waals surface area contributed by atoms with Crippen molar-refractivity contribution < 1.29 is 42.7 Å². The molecule has 10 nitrogen and oxygen atoms in total. The van der Waals surface area contributed by atoms with Crippen molar-refractivity contribution in [1.29, 1.82) is 0 Å². The molecule has 2 heterocycles. The minimum atomic E-state index is -0.551. The first kappa shape index (κ1) is 23.5. The molecular formula is C24H27NO9. The quantitative estimate of drug-likeness (QED) is 0.433. The van der Waals surface area contributed by atoms with Crippen LogP contribution in [0.3, 0.4) is 0 Å². The molecule has 10 heteroatoms. The van der Waals surface area contributed by atoms with Gasteiger partial charge in [-0.1, -0.05) is 6.07 Å². The lowest BCUT2D eigenvalue weighted by Gasteiger charge is -2.15. The average Bonchev–Trinajstić information content (AvgIpc) is 3.51. The topological polar surface area (TPSA) is 114 Å². The highest BCUT2D eigenvalue weighted by molar-refractivity contribution is 5.95. The van der Waals surface area contributed by atoms with Crippen molar-refractivity contribution in [3.63, 3.8) is 0 Å². The van der Waals surface area contributed by atoms with Crippen LogP contribution in [0, 0.1) is 0 Å². The number of benzene rings is 2. The van der Waals surface area contributed by atoms with E-state index in [9.17, 15) is 9.59 Å². The number of nitrogens with one attached hydrogen (secondary N) is 1. The number of carbonyl (C=O) groups excluding carboxylic acids is 2. The Kier molecular flexibility index (Phi) is 6.97. The number of ether oxygens (including phenoxy) is 7. The summed E-state index contributed by atoms with van der Waals surface area (Å²) in [6, 6.07) is 7.26. The van der Waals surface area contributed by atoms with Crippen molar-refractivity contribution in [2.24, 2.45) is 0 Å². The lowest BCUT2D eigenvalue weighted by Crippen LogP contribution is -2.26. The molecule has 0 aromatic heterocycles. The van der Waals surface area contributed by atoms with E-state index in [0.717, 1.165) is 11.1 Å². The molecular weight excluding hydrogens is 446 g/mol. The zero-order valence-electron chi connectivity index (χ0n) is 19.5. The summed E-state index contributed by atoms with van der Waals surface area (Å²) in [5.41, 5.74) is 2.69. The molecule has 1 amide bonds. The number of hydrogen-bond donors (Lipinski definition) is 1. The Morgan fingerprint density at radius 1 is 1.03 bits per heavy atom. The monoisotopic (exact) mass is 473 g/mol. The highest BCUT2D eigenvalue weighted by Crippen LogP contribution is 2.56. The molecule has 2 atom stereocenters. The van der Waals surface area contributed by atoms with E-state index in [4.69, 9.17) is 33.2 Å². The van der Waals surface area contributed by atoms with Gasteiger partial charge in [-0.2, -0.15) is 0 Å². The number of amides is 1. The third kappa shape index (κ3) is 4.54. The van der Waals surface area contributed by atoms with Gasteiger partial charge < -0.3 is 38.5 Å². The molecule has 182 valence electrons. The van der Waals surface area contributed by atoms with E-state index >= 15 is 0 Å². The second kappa shape index (κ2) is 10.1. The summed E-state index contributed by atoms with van der Waals surface area (Å²) in [4.78, 5) is 24.3. The van der Waals surface area contributed by atoms with Gasteiger partial charge in [0.1, 0.15) is 17.8 Å². The van der Waals surface area contributed by atoms with E-state index in [2.05, 4.69) is 5.32 Å². The SMILES string of the molecule is CCOC(=O)NCCc1cc2c(cc1[C@H]1O[C@@H]1c1ccc(OC)c(OC)c1C(=O)OC)OCO2. The van der Waals surface area contributed by atoms with Crippen LogP contribution in [0.15, 0.2) is 24.3 Å². The maximum atomic E-state index is 12.6. The number of carbonyl (C=O) groups is 2. The molecule has 0 aliphatic carbocycles. The molecule has 4 rings (SSSR count). The van der Waals surface area contributed by atoms with Gasteiger partial charge in [0.05, 0.1) is 27.9 Å². The van der Waals surface area contributed by atoms with Gasteiger partial charge in [0.25, 0.3) is 0 Å². The molecule has 0 saturated carbocycles. The Labute approximate surface area is 197 Å². The Morgan fingerprint density at radius 2 is 1.76 bits per heavy atom. The predicted octanol–water partition coefficient (Wildman–Crippen LogP) is 3.32. The summed E-state index contributed by atoms with van der Waals surface area (Å²) >= 11 is 0. The normalized spacial score (nSPS) is 17.6. The zero-order valence-corrected chi connectivity index (χ0v) is 19.5. The smallest absolute Gasteiger partial charge is 0.407 e. The van der Waals surface area contributed by atoms with Crippen LogP contribution >= 0.6 is 0 Å². The van der Waals surface area contributed by atoms with E-state index < -0.39 is 18.2 Å². The van der Waals surface area contributed by atoms with Gasteiger partial charge in [-0.25, -0.2) is 9.59 Å². The van der Waals surface area contributed by atoms with E-state index in [1.54, 1.807) is 19.1 Å². The van der Waals surface area contributed by atoms with Gasteiger partial charge in [0.2, 0.25) is 6.79 Å². The number of rotatable bonds is 9. The first-order valence-corrected chi connectivity index (χ1v) is 10.8. The van der Waals surface area contributed by atoms with Gasteiger partial charge in [-0.15, -0.1) is 0 Å². The van der Waals surface area contributed by atoms with E-state index in [-0.39, 0.29) is 24.2 Å². The van der Waals surface area contributed by atoms with Gasteiger partial charge in [0, 0.05) is 12.1 Å². The second-order valence-electron chi connectivity index (χ2n) is 7.54. The van der Waals surface area contributed by atoms with Gasteiger partial charge >= 0.3 is 12.1 Å². The Balaban J connectivity index is 1.63. The van der Waals surface area contributed by atoms with Gasteiger partial charge in [-0.05, 0) is 42.7 Å². The van der Waals surface area contributed by atoms with Crippen LogP contribution in [0.4, 0.5) is 4.79 Å². The Hall–Kier alpha value is -3.66. The molecule has 2 aromatic rings. The van der Waals surface area contributed by atoms with Crippen molar-refractivity contribution in [3.8, 4) is 23.0 Å². The van der Waals surface area contributed by atoms with Crippen LogP contribution in [-0.2, 0) is 20.6 Å². The molecule has 1 fully saturated rings. The summed E-state index contributed by atoms with van der Waals surface area (Å²) in [6.45, 7) is 2.55. The van der Waals surface area contributed by atoms with Crippen molar-refractivity contribution in [2.75, 3.05) is 41.3 Å². The molecule has 2 aliphatic rings. The van der Waals surface area contributed by atoms with Crippen molar-refractivity contribution >= 4 is 12.1 Å². The minimum Gasteiger partial charge on any atom is -0.493 e. The van der Waals surface area contributed by atoms with Crippen molar-refractivity contribution in [2.45, 2.75) is 25.6 Å². The maximum Gasteiger partial charge on any atom is 0.407 e. The van der Waals surface area contributed by atoms with E-state index in [1.807, 2.05) is 12.1 Å². The maximum absolute atomic E-state index is 12.6. The predicted molar refractivity (Wildman–Crippen MR) is 119 cm³/mol. The second-order valence-corrected chi connectivity index (χ2v) is 7.54.